The normalized spacial score (nSPS) is 20.2. The minimum absolute atomic E-state index is 0.231. The average Bonchev–Trinajstić information content (AvgIpc) is 2.27. The van der Waals surface area contributed by atoms with Gasteiger partial charge in [-0.3, -0.25) is 4.79 Å². The van der Waals surface area contributed by atoms with E-state index in [0.717, 1.165) is 6.42 Å². The van der Waals surface area contributed by atoms with Gasteiger partial charge in [0.15, 0.2) is 0 Å². The van der Waals surface area contributed by atoms with Gasteiger partial charge in [-0.15, -0.1) is 0 Å². The standard InChI is InChI=1S/C13H26O4/c1-8-9(2)10(3)12(15-6)13(5,16-7)17-11(4)14/h9-10,12H,8H2,1-7H3. The number of rotatable bonds is 7. The first-order valence-electron chi connectivity index (χ1n) is 6.09. The second-order valence-corrected chi connectivity index (χ2v) is 4.71. The first-order valence-corrected chi connectivity index (χ1v) is 6.09. The first-order chi connectivity index (χ1) is 7.82. The van der Waals surface area contributed by atoms with Gasteiger partial charge < -0.3 is 14.2 Å². The van der Waals surface area contributed by atoms with Crippen LogP contribution in [0.4, 0.5) is 0 Å². The second-order valence-electron chi connectivity index (χ2n) is 4.71. The number of carbonyl (C=O) groups is 1. The first kappa shape index (κ1) is 16.4. The molecule has 0 aromatic rings. The van der Waals surface area contributed by atoms with E-state index in [-0.39, 0.29) is 18.0 Å². The maximum absolute atomic E-state index is 11.1. The summed E-state index contributed by atoms with van der Waals surface area (Å²) in [7, 11) is 3.14. The molecule has 0 heterocycles. The SMILES string of the molecule is CCC(C)C(C)C(OC)C(C)(OC)OC(C)=O. The van der Waals surface area contributed by atoms with E-state index < -0.39 is 5.79 Å². The highest BCUT2D eigenvalue weighted by Gasteiger charge is 2.42. The van der Waals surface area contributed by atoms with Crippen LogP contribution in [0.25, 0.3) is 0 Å². The van der Waals surface area contributed by atoms with E-state index >= 15 is 0 Å². The van der Waals surface area contributed by atoms with Gasteiger partial charge in [-0.05, 0) is 11.8 Å². The van der Waals surface area contributed by atoms with Crippen molar-refractivity contribution in [2.24, 2.45) is 11.8 Å². The van der Waals surface area contributed by atoms with Crippen LogP contribution in [0.5, 0.6) is 0 Å². The number of carbonyl (C=O) groups excluding carboxylic acids is 1. The van der Waals surface area contributed by atoms with Crippen LogP contribution in [0.1, 0.15) is 41.0 Å². The van der Waals surface area contributed by atoms with Crippen molar-refractivity contribution >= 4 is 5.97 Å². The monoisotopic (exact) mass is 246 g/mol. The lowest BCUT2D eigenvalue weighted by molar-refractivity contribution is -0.266. The van der Waals surface area contributed by atoms with E-state index in [2.05, 4.69) is 20.8 Å². The van der Waals surface area contributed by atoms with Gasteiger partial charge in [-0.2, -0.15) is 0 Å². The third-order valence-corrected chi connectivity index (χ3v) is 3.54. The van der Waals surface area contributed by atoms with Crippen LogP contribution in [-0.4, -0.2) is 32.1 Å². The zero-order valence-electron chi connectivity index (χ0n) is 12.1. The molecule has 0 bridgehead atoms. The Hall–Kier alpha value is -0.610. The smallest absolute Gasteiger partial charge is 0.305 e. The van der Waals surface area contributed by atoms with Crippen molar-refractivity contribution < 1.29 is 19.0 Å². The van der Waals surface area contributed by atoms with Gasteiger partial charge in [0.05, 0.1) is 0 Å². The number of methoxy groups -OCH3 is 2. The maximum Gasteiger partial charge on any atom is 0.305 e. The van der Waals surface area contributed by atoms with Crippen LogP contribution in [0.3, 0.4) is 0 Å². The zero-order chi connectivity index (χ0) is 13.6. The largest absolute Gasteiger partial charge is 0.431 e. The van der Waals surface area contributed by atoms with Gasteiger partial charge >= 0.3 is 5.97 Å². The van der Waals surface area contributed by atoms with Crippen LogP contribution < -0.4 is 0 Å². The van der Waals surface area contributed by atoms with Crippen molar-refractivity contribution in [1.29, 1.82) is 0 Å². The van der Waals surface area contributed by atoms with Crippen LogP contribution in [0, 0.1) is 11.8 Å². The molecule has 17 heavy (non-hydrogen) atoms. The third kappa shape index (κ3) is 4.28. The molecule has 0 aliphatic rings. The summed E-state index contributed by atoms with van der Waals surface area (Å²) in [5, 5.41) is 0. The quantitative estimate of drug-likeness (QED) is 0.511. The van der Waals surface area contributed by atoms with E-state index in [1.165, 1.54) is 14.0 Å². The molecule has 0 amide bonds. The summed E-state index contributed by atoms with van der Waals surface area (Å²) < 4.78 is 16.1. The van der Waals surface area contributed by atoms with Crippen LogP contribution in [0.2, 0.25) is 0 Å². The molecular weight excluding hydrogens is 220 g/mol. The molecule has 102 valence electrons. The Kier molecular flexibility index (Phi) is 6.72. The van der Waals surface area contributed by atoms with Crippen LogP contribution in [-0.2, 0) is 19.0 Å². The van der Waals surface area contributed by atoms with Crippen molar-refractivity contribution in [2.45, 2.75) is 52.9 Å². The Bertz CT molecular complexity index is 242. The number of esters is 1. The van der Waals surface area contributed by atoms with Gasteiger partial charge in [-0.25, -0.2) is 0 Å². The van der Waals surface area contributed by atoms with Gasteiger partial charge in [-0.1, -0.05) is 27.2 Å². The van der Waals surface area contributed by atoms with Crippen LogP contribution in [0.15, 0.2) is 0 Å². The lowest BCUT2D eigenvalue weighted by Gasteiger charge is -2.39. The fourth-order valence-electron chi connectivity index (χ4n) is 2.08. The van der Waals surface area contributed by atoms with Gasteiger partial charge in [0, 0.05) is 28.1 Å². The predicted octanol–water partition coefficient (Wildman–Crippen LogP) is 2.61. The molecule has 0 saturated carbocycles. The number of hydrogen-bond acceptors (Lipinski definition) is 4. The van der Waals surface area contributed by atoms with Gasteiger partial charge in [0.25, 0.3) is 0 Å². The van der Waals surface area contributed by atoms with Gasteiger partial charge in [0.2, 0.25) is 5.79 Å². The van der Waals surface area contributed by atoms with E-state index in [9.17, 15) is 4.79 Å². The summed E-state index contributed by atoms with van der Waals surface area (Å²) in [5.74, 6) is -0.712. The highest BCUT2D eigenvalue weighted by Crippen LogP contribution is 2.31. The van der Waals surface area contributed by atoms with E-state index in [4.69, 9.17) is 14.2 Å². The van der Waals surface area contributed by atoms with Crippen molar-refractivity contribution in [2.75, 3.05) is 14.2 Å². The van der Waals surface area contributed by atoms with E-state index in [1.54, 1.807) is 14.0 Å². The number of hydrogen-bond donors (Lipinski definition) is 0. The van der Waals surface area contributed by atoms with Crippen molar-refractivity contribution in [3.8, 4) is 0 Å². The topological polar surface area (TPSA) is 44.8 Å². The zero-order valence-corrected chi connectivity index (χ0v) is 12.1. The molecule has 0 aliphatic heterocycles. The Morgan fingerprint density at radius 3 is 2.12 bits per heavy atom. The van der Waals surface area contributed by atoms with E-state index in [0.29, 0.717) is 5.92 Å². The minimum Gasteiger partial charge on any atom is -0.431 e. The van der Waals surface area contributed by atoms with E-state index in [1.807, 2.05) is 0 Å². The summed E-state index contributed by atoms with van der Waals surface area (Å²) in [6, 6.07) is 0. The lowest BCUT2D eigenvalue weighted by atomic mass is 9.85. The summed E-state index contributed by atoms with van der Waals surface area (Å²) in [5.41, 5.74) is 0. The lowest BCUT2D eigenvalue weighted by Crippen LogP contribution is -2.50. The Morgan fingerprint density at radius 1 is 1.29 bits per heavy atom. The molecule has 0 aromatic carbocycles. The Labute approximate surface area is 105 Å². The second kappa shape index (κ2) is 6.97. The fraction of sp³-hybridized carbons (Fsp3) is 0.923. The van der Waals surface area contributed by atoms with Crippen molar-refractivity contribution in [3.05, 3.63) is 0 Å². The molecule has 4 nitrogen and oxygen atoms in total. The molecule has 4 unspecified atom stereocenters. The minimum atomic E-state index is -1.04. The highest BCUT2D eigenvalue weighted by atomic mass is 16.7. The molecule has 0 aromatic heterocycles. The van der Waals surface area contributed by atoms with Crippen molar-refractivity contribution in [1.82, 2.24) is 0 Å². The van der Waals surface area contributed by atoms with Gasteiger partial charge in [0.1, 0.15) is 6.10 Å². The molecule has 0 rings (SSSR count). The molecule has 0 radical (unpaired) electrons. The summed E-state index contributed by atoms with van der Waals surface area (Å²) in [4.78, 5) is 11.1. The number of ether oxygens (including phenoxy) is 3. The molecule has 0 N–H and O–H groups in total. The summed E-state index contributed by atoms with van der Waals surface area (Å²) in [6.45, 7) is 9.48. The van der Waals surface area contributed by atoms with Crippen LogP contribution >= 0.6 is 0 Å². The predicted molar refractivity (Wildman–Crippen MR) is 66.6 cm³/mol. The van der Waals surface area contributed by atoms with Crippen molar-refractivity contribution in [3.63, 3.8) is 0 Å². The highest BCUT2D eigenvalue weighted by molar-refractivity contribution is 5.66. The summed E-state index contributed by atoms with van der Waals surface area (Å²) in [6.07, 6.45) is 0.757. The molecular formula is C13H26O4. The molecule has 0 aliphatic carbocycles. The molecule has 4 heteroatoms. The fourth-order valence-corrected chi connectivity index (χ4v) is 2.08. The summed E-state index contributed by atoms with van der Waals surface area (Å²) >= 11 is 0. The third-order valence-electron chi connectivity index (χ3n) is 3.54. The average molecular weight is 246 g/mol. The maximum atomic E-state index is 11.1. The molecule has 0 saturated heterocycles. The Morgan fingerprint density at radius 2 is 1.82 bits per heavy atom. The molecule has 0 spiro atoms. The molecule has 0 fully saturated rings. The Balaban J connectivity index is 4.97. The molecule has 4 atom stereocenters.